The van der Waals surface area contributed by atoms with Crippen LogP contribution in [0.2, 0.25) is 0 Å². The van der Waals surface area contributed by atoms with Crippen LogP contribution in [0, 0.1) is 0 Å². The molecule has 146 valence electrons. The largest absolute Gasteiger partial charge is 0.476 e. The molecule has 1 aliphatic heterocycles. The Hall–Kier alpha value is -2.67. The van der Waals surface area contributed by atoms with Gasteiger partial charge in [-0.1, -0.05) is 18.2 Å². The first-order valence-electron chi connectivity index (χ1n) is 9.53. The molecule has 0 radical (unpaired) electrons. The van der Waals surface area contributed by atoms with Crippen molar-refractivity contribution >= 4 is 34.0 Å². The number of para-hydroxylation sites is 2. The van der Waals surface area contributed by atoms with Crippen molar-refractivity contribution < 1.29 is 14.3 Å². The summed E-state index contributed by atoms with van der Waals surface area (Å²) >= 11 is 1.58. The summed E-state index contributed by atoms with van der Waals surface area (Å²) < 4.78 is 5.98. The first-order valence-corrected chi connectivity index (χ1v) is 10.3. The van der Waals surface area contributed by atoms with Crippen LogP contribution in [-0.2, 0) is 22.4 Å². The lowest BCUT2D eigenvalue weighted by molar-refractivity contribution is -0.125. The van der Waals surface area contributed by atoms with Gasteiger partial charge in [0.15, 0.2) is 11.2 Å². The third-order valence-corrected chi connectivity index (χ3v) is 6.25. The Morgan fingerprint density at radius 1 is 1.36 bits per heavy atom. The van der Waals surface area contributed by atoms with Crippen LogP contribution in [0.15, 0.2) is 36.9 Å². The molecule has 0 N–H and O–H groups in total. The lowest BCUT2D eigenvalue weighted by atomic mass is 10.0. The molecular weight excluding hydrogens is 374 g/mol. The first kappa shape index (κ1) is 18.7. The Morgan fingerprint density at radius 3 is 2.89 bits per heavy atom. The summed E-state index contributed by atoms with van der Waals surface area (Å²) in [5.41, 5.74) is 1.80. The molecular formula is C21H23N3O3S. The number of rotatable bonds is 4. The quantitative estimate of drug-likeness (QED) is 0.742. The van der Waals surface area contributed by atoms with E-state index in [1.54, 1.807) is 33.3 Å². The van der Waals surface area contributed by atoms with E-state index in [4.69, 9.17) is 9.72 Å². The highest BCUT2D eigenvalue weighted by Gasteiger charge is 2.36. The first-order chi connectivity index (χ1) is 13.6. The Bertz CT molecular complexity index is 900. The number of hydrogen-bond acceptors (Lipinski definition) is 5. The lowest BCUT2D eigenvalue weighted by Crippen LogP contribution is -2.51. The van der Waals surface area contributed by atoms with Crippen LogP contribution in [-0.4, -0.2) is 36.0 Å². The number of ether oxygens (including phenoxy) is 1. The van der Waals surface area contributed by atoms with Crippen molar-refractivity contribution in [1.82, 2.24) is 4.98 Å². The smallest absolute Gasteiger partial charge is 0.272 e. The number of amides is 2. The predicted molar refractivity (Wildman–Crippen MR) is 110 cm³/mol. The van der Waals surface area contributed by atoms with Crippen LogP contribution >= 0.6 is 11.3 Å². The van der Waals surface area contributed by atoms with Crippen LogP contribution in [0.5, 0.6) is 5.75 Å². The average Bonchev–Trinajstić information content (AvgIpc) is 3.14. The standard InChI is InChI=1S/C21H23N3O3S/c1-3-12-23(21-22-15-8-4-7-11-19(15)28-21)20(26)18-13-24(14(2)25)16-9-5-6-10-17(16)27-18/h3,5-6,9-10,18H,1,4,7-8,11-13H2,2H3/t18-/m1/s1. The van der Waals surface area contributed by atoms with Gasteiger partial charge in [-0.15, -0.1) is 17.9 Å². The normalized spacial score (nSPS) is 17.9. The average molecular weight is 398 g/mol. The van der Waals surface area contributed by atoms with E-state index < -0.39 is 6.10 Å². The van der Waals surface area contributed by atoms with Crippen molar-refractivity contribution in [3.63, 3.8) is 0 Å². The minimum Gasteiger partial charge on any atom is -0.476 e. The number of carbonyl (C=O) groups excluding carboxylic acids is 2. The molecule has 1 aliphatic carbocycles. The number of aromatic nitrogens is 1. The van der Waals surface area contributed by atoms with Gasteiger partial charge in [-0.25, -0.2) is 4.98 Å². The van der Waals surface area contributed by atoms with Gasteiger partial charge in [0.1, 0.15) is 5.75 Å². The summed E-state index contributed by atoms with van der Waals surface area (Å²) in [4.78, 5) is 34.7. The highest BCUT2D eigenvalue weighted by atomic mass is 32.1. The van der Waals surface area contributed by atoms with E-state index in [2.05, 4.69) is 6.58 Å². The summed E-state index contributed by atoms with van der Waals surface area (Å²) in [5.74, 6) is 0.222. The number of carbonyl (C=O) groups is 2. The van der Waals surface area contributed by atoms with Crippen LogP contribution < -0.4 is 14.5 Å². The van der Waals surface area contributed by atoms with Crippen molar-refractivity contribution in [1.29, 1.82) is 0 Å². The zero-order chi connectivity index (χ0) is 19.7. The maximum atomic E-state index is 13.4. The molecule has 2 aromatic rings. The Labute approximate surface area is 168 Å². The monoisotopic (exact) mass is 397 g/mol. The van der Waals surface area contributed by atoms with Gasteiger partial charge in [-0.2, -0.15) is 0 Å². The number of thiazole rings is 1. The Balaban J connectivity index is 1.63. The number of nitrogens with zero attached hydrogens (tertiary/aromatic N) is 3. The minimum absolute atomic E-state index is 0.117. The molecule has 28 heavy (non-hydrogen) atoms. The maximum Gasteiger partial charge on any atom is 0.272 e. The van der Waals surface area contributed by atoms with Gasteiger partial charge in [-0.05, 0) is 37.8 Å². The molecule has 0 unspecified atom stereocenters. The maximum absolute atomic E-state index is 13.4. The Kier molecular flexibility index (Phi) is 5.17. The highest BCUT2D eigenvalue weighted by Crippen LogP contribution is 2.35. The summed E-state index contributed by atoms with van der Waals surface area (Å²) in [6.45, 7) is 5.83. The molecule has 0 spiro atoms. The zero-order valence-corrected chi connectivity index (χ0v) is 16.7. The molecule has 0 bridgehead atoms. The van der Waals surface area contributed by atoms with Crippen molar-refractivity contribution in [3.8, 4) is 5.75 Å². The molecule has 7 heteroatoms. The molecule has 4 rings (SSSR count). The number of benzene rings is 1. The molecule has 0 saturated heterocycles. The second-order valence-corrected chi connectivity index (χ2v) is 8.08. The van der Waals surface area contributed by atoms with E-state index in [1.807, 2.05) is 18.2 Å². The molecule has 2 aliphatic rings. The second kappa shape index (κ2) is 7.75. The lowest BCUT2D eigenvalue weighted by Gasteiger charge is -2.35. The van der Waals surface area contributed by atoms with E-state index >= 15 is 0 Å². The molecule has 0 fully saturated rings. The van der Waals surface area contributed by atoms with E-state index in [1.165, 1.54) is 18.2 Å². The van der Waals surface area contributed by atoms with Gasteiger partial charge in [0.05, 0.1) is 17.9 Å². The van der Waals surface area contributed by atoms with E-state index in [-0.39, 0.29) is 18.4 Å². The fraction of sp³-hybridized carbons (Fsp3) is 0.381. The summed E-state index contributed by atoms with van der Waals surface area (Å²) in [6.07, 6.45) is 5.21. The van der Waals surface area contributed by atoms with Gasteiger partial charge in [0.2, 0.25) is 5.91 Å². The SMILES string of the molecule is C=CCN(C(=O)[C@H]1CN(C(C)=O)c2ccccc2O1)c1nc2c(s1)CCCC2. The fourth-order valence-corrected chi connectivity index (χ4v) is 4.84. The molecule has 2 heterocycles. The summed E-state index contributed by atoms with van der Waals surface area (Å²) in [6, 6.07) is 7.29. The van der Waals surface area contributed by atoms with E-state index in [0.717, 1.165) is 25.0 Å². The molecule has 2 amide bonds. The molecule has 1 aromatic carbocycles. The van der Waals surface area contributed by atoms with Crippen LogP contribution in [0.1, 0.15) is 30.3 Å². The van der Waals surface area contributed by atoms with Gasteiger partial charge in [0, 0.05) is 18.3 Å². The van der Waals surface area contributed by atoms with Crippen molar-refractivity contribution in [2.24, 2.45) is 0 Å². The van der Waals surface area contributed by atoms with Crippen molar-refractivity contribution in [2.45, 2.75) is 38.7 Å². The van der Waals surface area contributed by atoms with Crippen LogP contribution in [0.3, 0.4) is 0 Å². The fourth-order valence-electron chi connectivity index (χ4n) is 3.68. The number of fused-ring (bicyclic) bond motifs is 2. The van der Waals surface area contributed by atoms with Crippen LogP contribution in [0.4, 0.5) is 10.8 Å². The molecule has 6 nitrogen and oxygen atoms in total. The second-order valence-electron chi connectivity index (χ2n) is 7.01. The van der Waals surface area contributed by atoms with Crippen LogP contribution in [0.25, 0.3) is 0 Å². The van der Waals surface area contributed by atoms with E-state index in [9.17, 15) is 9.59 Å². The minimum atomic E-state index is -0.778. The highest BCUT2D eigenvalue weighted by molar-refractivity contribution is 7.16. The summed E-state index contributed by atoms with van der Waals surface area (Å²) in [5, 5.41) is 0.689. The summed E-state index contributed by atoms with van der Waals surface area (Å²) in [7, 11) is 0. The molecule has 0 saturated carbocycles. The Morgan fingerprint density at radius 2 is 2.14 bits per heavy atom. The topological polar surface area (TPSA) is 62.7 Å². The third-order valence-electron chi connectivity index (χ3n) is 5.07. The van der Waals surface area contributed by atoms with Gasteiger partial charge >= 0.3 is 0 Å². The number of hydrogen-bond donors (Lipinski definition) is 0. The number of anilines is 2. The number of aryl methyl sites for hydroxylation is 2. The molecule has 1 atom stereocenters. The zero-order valence-electron chi connectivity index (χ0n) is 15.9. The van der Waals surface area contributed by atoms with Gasteiger partial charge < -0.3 is 9.64 Å². The predicted octanol–water partition coefficient (Wildman–Crippen LogP) is 3.36. The van der Waals surface area contributed by atoms with Gasteiger partial charge in [-0.3, -0.25) is 14.5 Å². The van der Waals surface area contributed by atoms with E-state index in [0.29, 0.717) is 23.1 Å². The third kappa shape index (κ3) is 3.42. The molecule has 1 aromatic heterocycles. The van der Waals surface area contributed by atoms with Crippen molar-refractivity contribution in [3.05, 3.63) is 47.5 Å². The van der Waals surface area contributed by atoms with Gasteiger partial charge in [0.25, 0.3) is 5.91 Å². The van der Waals surface area contributed by atoms with Crippen molar-refractivity contribution in [2.75, 3.05) is 22.9 Å².